The molecule has 0 amide bonds. The molecular weight excluding hydrogens is 508 g/mol. The highest BCUT2D eigenvalue weighted by atomic mass is 15.0. The second-order valence-electron chi connectivity index (χ2n) is 11.1. The number of pyridine rings is 1. The summed E-state index contributed by atoms with van der Waals surface area (Å²) >= 11 is 0. The van der Waals surface area contributed by atoms with Gasteiger partial charge in [0, 0.05) is 33.6 Å². The van der Waals surface area contributed by atoms with E-state index in [0.717, 1.165) is 16.6 Å². The zero-order valence-corrected chi connectivity index (χ0v) is 22.9. The van der Waals surface area contributed by atoms with Gasteiger partial charge in [-0.25, -0.2) is 0 Å². The van der Waals surface area contributed by atoms with Crippen LogP contribution in [0.25, 0.3) is 49.5 Å². The maximum atomic E-state index is 5.35. The van der Waals surface area contributed by atoms with Gasteiger partial charge in [-0.05, 0) is 46.0 Å². The second-order valence-corrected chi connectivity index (χ2v) is 11.1. The molecule has 1 aliphatic carbocycles. The van der Waals surface area contributed by atoms with Crippen molar-refractivity contribution in [2.75, 3.05) is 0 Å². The largest absolute Gasteiger partial charge is 0.309 e. The zero-order valence-electron chi connectivity index (χ0n) is 22.9. The molecule has 9 rings (SSSR count). The van der Waals surface area contributed by atoms with Gasteiger partial charge in [0.25, 0.3) is 0 Å². The van der Waals surface area contributed by atoms with Crippen molar-refractivity contribution in [3.63, 3.8) is 0 Å². The second kappa shape index (κ2) is 8.76. The van der Waals surface area contributed by atoms with Crippen molar-refractivity contribution in [3.8, 4) is 16.8 Å². The van der Waals surface area contributed by atoms with Gasteiger partial charge in [0.15, 0.2) is 0 Å². The highest BCUT2D eigenvalue weighted by molar-refractivity contribution is 6.19. The van der Waals surface area contributed by atoms with Crippen LogP contribution in [0.3, 0.4) is 0 Å². The van der Waals surface area contributed by atoms with Crippen molar-refractivity contribution < 1.29 is 0 Å². The number of hydrogen-bond donors (Lipinski definition) is 0. The number of fused-ring (bicyclic) bond motifs is 9. The molecule has 2 heteroatoms. The lowest BCUT2D eigenvalue weighted by molar-refractivity contribution is 0.773. The molecule has 2 heterocycles. The topological polar surface area (TPSA) is 17.8 Å². The summed E-state index contributed by atoms with van der Waals surface area (Å²) in [5.41, 5.74) is 11.7. The van der Waals surface area contributed by atoms with Gasteiger partial charge in [-0.3, -0.25) is 4.98 Å². The summed E-state index contributed by atoms with van der Waals surface area (Å²) in [5.74, 6) is 0. The van der Waals surface area contributed by atoms with Crippen molar-refractivity contribution >= 4 is 32.7 Å². The number of para-hydroxylation sites is 2. The molecule has 196 valence electrons. The minimum absolute atomic E-state index is 0.502. The molecule has 42 heavy (non-hydrogen) atoms. The third-order valence-electron chi connectivity index (χ3n) is 9.09. The van der Waals surface area contributed by atoms with Crippen LogP contribution >= 0.6 is 0 Å². The van der Waals surface area contributed by atoms with Crippen molar-refractivity contribution in [2.24, 2.45) is 0 Å². The number of aromatic nitrogens is 2. The first-order chi connectivity index (χ1) is 20.9. The van der Waals surface area contributed by atoms with E-state index in [9.17, 15) is 0 Å². The van der Waals surface area contributed by atoms with Crippen molar-refractivity contribution in [2.45, 2.75) is 5.41 Å². The number of rotatable bonds is 3. The average Bonchev–Trinajstić information content (AvgIpc) is 3.57. The Balaban J connectivity index is 1.51. The first kappa shape index (κ1) is 23.3. The minimum atomic E-state index is -0.502. The third-order valence-corrected chi connectivity index (χ3v) is 9.09. The van der Waals surface area contributed by atoms with Crippen LogP contribution in [-0.4, -0.2) is 9.55 Å². The summed E-state index contributed by atoms with van der Waals surface area (Å²) < 4.78 is 2.41. The monoisotopic (exact) mass is 534 g/mol. The molecular formula is C40H26N2. The molecule has 0 unspecified atom stereocenters. The quantitative estimate of drug-likeness (QED) is 0.221. The van der Waals surface area contributed by atoms with Gasteiger partial charge in [-0.2, -0.15) is 0 Å². The van der Waals surface area contributed by atoms with Crippen LogP contribution in [0.1, 0.15) is 22.3 Å². The molecule has 0 N–H and O–H groups in total. The Hall–Kier alpha value is -5.47. The number of benzene rings is 6. The SMILES string of the molecule is c1ccc(-n2c3ccccc3c3cnc4c5c(ccc4c32)-c2ccccc2C5(c2ccccc2)c2ccccc2)cc1. The Bertz CT molecular complexity index is 2240. The lowest BCUT2D eigenvalue weighted by atomic mass is 9.67. The fourth-order valence-electron chi connectivity index (χ4n) is 7.48. The van der Waals surface area contributed by atoms with E-state index in [1.165, 1.54) is 55.2 Å². The molecule has 1 aliphatic rings. The van der Waals surface area contributed by atoms with E-state index in [4.69, 9.17) is 4.98 Å². The van der Waals surface area contributed by atoms with E-state index in [2.05, 4.69) is 162 Å². The van der Waals surface area contributed by atoms with Crippen molar-refractivity contribution in [1.29, 1.82) is 0 Å². The molecule has 2 aromatic heterocycles. The van der Waals surface area contributed by atoms with Crippen LogP contribution in [-0.2, 0) is 5.41 Å². The molecule has 0 saturated heterocycles. The average molecular weight is 535 g/mol. The van der Waals surface area contributed by atoms with E-state index in [1.54, 1.807) is 0 Å². The lowest BCUT2D eigenvalue weighted by Gasteiger charge is -2.34. The van der Waals surface area contributed by atoms with Crippen LogP contribution in [0.15, 0.2) is 158 Å². The molecule has 0 spiro atoms. The first-order valence-corrected chi connectivity index (χ1v) is 14.5. The summed E-state index contributed by atoms with van der Waals surface area (Å²) in [4.78, 5) is 5.35. The highest BCUT2D eigenvalue weighted by Crippen LogP contribution is 2.58. The van der Waals surface area contributed by atoms with E-state index in [-0.39, 0.29) is 0 Å². The molecule has 6 aromatic carbocycles. The summed E-state index contributed by atoms with van der Waals surface area (Å²) in [5, 5.41) is 3.55. The van der Waals surface area contributed by atoms with Gasteiger partial charge in [0.2, 0.25) is 0 Å². The van der Waals surface area contributed by atoms with Gasteiger partial charge < -0.3 is 4.57 Å². The molecule has 0 radical (unpaired) electrons. The summed E-state index contributed by atoms with van der Waals surface area (Å²) in [6.45, 7) is 0. The van der Waals surface area contributed by atoms with Gasteiger partial charge in [-0.15, -0.1) is 0 Å². The maximum absolute atomic E-state index is 5.35. The molecule has 0 bridgehead atoms. The Morgan fingerprint density at radius 3 is 1.83 bits per heavy atom. The molecule has 0 atom stereocenters. The Kier molecular flexibility index (Phi) is 4.85. The number of hydrogen-bond acceptors (Lipinski definition) is 1. The van der Waals surface area contributed by atoms with Crippen molar-refractivity contribution in [1.82, 2.24) is 9.55 Å². The minimum Gasteiger partial charge on any atom is -0.309 e. The van der Waals surface area contributed by atoms with Gasteiger partial charge >= 0.3 is 0 Å². The lowest BCUT2D eigenvalue weighted by Crippen LogP contribution is -2.29. The maximum Gasteiger partial charge on any atom is 0.0777 e. The van der Waals surface area contributed by atoms with Crippen LogP contribution in [0.2, 0.25) is 0 Å². The van der Waals surface area contributed by atoms with Gasteiger partial charge in [-0.1, -0.05) is 133 Å². The van der Waals surface area contributed by atoms with Gasteiger partial charge in [0.05, 0.1) is 22.0 Å². The Labute approximate surface area is 244 Å². The van der Waals surface area contributed by atoms with Crippen LogP contribution in [0, 0.1) is 0 Å². The Morgan fingerprint density at radius 1 is 0.476 bits per heavy atom. The van der Waals surface area contributed by atoms with E-state index >= 15 is 0 Å². The van der Waals surface area contributed by atoms with E-state index in [0.29, 0.717) is 0 Å². The molecule has 0 aliphatic heterocycles. The Morgan fingerprint density at radius 2 is 1.10 bits per heavy atom. The fraction of sp³-hybridized carbons (Fsp3) is 0.0250. The number of nitrogens with zero attached hydrogens (tertiary/aromatic N) is 2. The summed E-state index contributed by atoms with van der Waals surface area (Å²) in [7, 11) is 0. The molecule has 0 saturated carbocycles. The fourth-order valence-corrected chi connectivity index (χ4v) is 7.48. The molecule has 2 nitrogen and oxygen atoms in total. The van der Waals surface area contributed by atoms with Gasteiger partial charge in [0.1, 0.15) is 0 Å². The molecule has 8 aromatic rings. The van der Waals surface area contributed by atoms with Crippen LogP contribution < -0.4 is 0 Å². The van der Waals surface area contributed by atoms with Crippen LogP contribution in [0.4, 0.5) is 0 Å². The standard InChI is InChI=1S/C40H26N2/c1-4-14-27(15-5-1)40(28-16-6-2-7-17-28)35-22-12-10-20-30(35)32-24-25-33-38(37(32)40)41-26-34-31-21-11-13-23-36(31)42(39(33)34)29-18-8-3-9-19-29/h1-26H. The smallest absolute Gasteiger partial charge is 0.0777 e. The van der Waals surface area contributed by atoms with E-state index < -0.39 is 5.41 Å². The molecule has 0 fully saturated rings. The first-order valence-electron chi connectivity index (χ1n) is 14.5. The zero-order chi connectivity index (χ0) is 27.7. The summed E-state index contributed by atoms with van der Waals surface area (Å²) in [6.07, 6.45) is 2.10. The predicted molar refractivity (Wildman–Crippen MR) is 173 cm³/mol. The summed E-state index contributed by atoms with van der Waals surface area (Å²) in [6, 6.07) is 54.8. The normalized spacial score (nSPS) is 13.4. The van der Waals surface area contributed by atoms with Crippen molar-refractivity contribution in [3.05, 3.63) is 180 Å². The highest BCUT2D eigenvalue weighted by Gasteiger charge is 2.47. The third kappa shape index (κ3) is 2.96. The van der Waals surface area contributed by atoms with E-state index in [1.807, 2.05) is 0 Å². The van der Waals surface area contributed by atoms with Crippen LogP contribution in [0.5, 0.6) is 0 Å². The predicted octanol–water partition coefficient (Wildman–Crippen LogP) is 9.69.